The number of nitrogens with two attached hydrogens (primary N) is 1. The van der Waals surface area contributed by atoms with E-state index in [4.69, 9.17) is 10.5 Å². The van der Waals surface area contributed by atoms with E-state index in [1.54, 1.807) is 4.90 Å². The summed E-state index contributed by atoms with van der Waals surface area (Å²) < 4.78 is 6.32. The van der Waals surface area contributed by atoms with Gasteiger partial charge in [-0.05, 0) is 54.8 Å². The van der Waals surface area contributed by atoms with Crippen molar-refractivity contribution < 1.29 is 9.53 Å². The zero-order valence-corrected chi connectivity index (χ0v) is 13.0. The van der Waals surface area contributed by atoms with Gasteiger partial charge in [0.05, 0.1) is 5.69 Å². The highest BCUT2D eigenvalue weighted by molar-refractivity contribution is 9.10. The van der Waals surface area contributed by atoms with Crippen molar-refractivity contribution in [2.75, 3.05) is 11.4 Å². The summed E-state index contributed by atoms with van der Waals surface area (Å²) in [5, 5.41) is 0. The molecule has 0 aromatic heterocycles. The number of benzene rings is 1. The number of para-hydroxylation sites is 1. The molecule has 0 spiro atoms. The molecule has 1 amide bonds. The van der Waals surface area contributed by atoms with Crippen molar-refractivity contribution in [3.8, 4) is 0 Å². The van der Waals surface area contributed by atoms with E-state index in [1.165, 1.54) is 0 Å². The molecule has 1 atom stereocenters. The zero-order chi connectivity index (χ0) is 14.2. The minimum atomic E-state index is -0.502. The van der Waals surface area contributed by atoms with Crippen molar-refractivity contribution in [2.45, 2.75) is 38.8 Å². The van der Waals surface area contributed by atoms with Crippen LogP contribution in [0.5, 0.6) is 0 Å². The topological polar surface area (TPSA) is 55.6 Å². The summed E-state index contributed by atoms with van der Waals surface area (Å²) in [6.07, 6.45) is 0.412. The first-order valence-corrected chi connectivity index (χ1v) is 7.13. The second kappa shape index (κ2) is 5.13. The van der Waals surface area contributed by atoms with Gasteiger partial charge in [-0.25, -0.2) is 4.79 Å². The first-order valence-electron chi connectivity index (χ1n) is 6.34. The van der Waals surface area contributed by atoms with Crippen LogP contribution in [0.3, 0.4) is 0 Å². The van der Waals surface area contributed by atoms with E-state index in [0.29, 0.717) is 6.54 Å². The number of amides is 1. The number of fused-ring (bicyclic) bond motifs is 1. The molecule has 0 saturated carbocycles. The minimum absolute atomic E-state index is 0.0359. The monoisotopic (exact) mass is 326 g/mol. The molecular formula is C14H19BrN2O2. The van der Waals surface area contributed by atoms with Crippen LogP contribution in [-0.4, -0.2) is 18.2 Å². The third-order valence-corrected chi connectivity index (χ3v) is 3.60. The fourth-order valence-corrected chi connectivity index (χ4v) is 2.75. The molecule has 1 aliphatic heterocycles. The Balaban J connectivity index is 2.36. The number of carbonyl (C=O) groups excluding carboxylic acids is 1. The number of rotatable bonds is 0. The van der Waals surface area contributed by atoms with Crippen molar-refractivity contribution in [2.24, 2.45) is 5.73 Å². The summed E-state index contributed by atoms with van der Waals surface area (Å²) in [7, 11) is 0. The Morgan fingerprint density at radius 1 is 1.47 bits per heavy atom. The number of carbonyl (C=O) groups is 1. The van der Waals surface area contributed by atoms with Crippen LogP contribution in [0.4, 0.5) is 10.5 Å². The minimum Gasteiger partial charge on any atom is -0.443 e. The summed E-state index contributed by atoms with van der Waals surface area (Å²) in [4.78, 5) is 13.9. The van der Waals surface area contributed by atoms with Crippen LogP contribution in [0.2, 0.25) is 0 Å². The van der Waals surface area contributed by atoms with Gasteiger partial charge in [0.2, 0.25) is 0 Å². The molecule has 1 aliphatic rings. The number of ether oxygens (including phenoxy) is 1. The number of anilines is 1. The molecule has 2 rings (SSSR count). The van der Waals surface area contributed by atoms with Crippen LogP contribution in [0.25, 0.3) is 0 Å². The van der Waals surface area contributed by atoms with Gasteiger partial charge in [-0.2, -0.15) is 0 Å². The van der Waals surface area contributed by atoms with Crippen molar-refractivity contribution >= 4 is 27.7 Å². The number of hydrogen-bond acceptors (Lipinski definition) is 3. The van der Waals surface area contributed by atoms with Crippen molar-refractivity contribution in [3.05, 3.63) is 28.2 Å². The smallest absolute Gasteiger partial charge is 0.414 e. The Morgan fingerprint density at radius 3 is 2.79 bits per heavy atom. The normalized spacial score (nSPS) is 19.0. The maximum atomic E-state index is 12.3. The molecule has 4 nitrogen and oxygen atoms in total. The zero-order valence-electron chi connectivity index (χ0n) is 11.4. The average Bonchev–Trinajstić information content (AvgIpc) is 2.28. The lowest BCUT2D eigenvalue weighted by Crippen LogP contribution is -2.41. The van der Waals surface area contributed by atoms with Crippen LogP contribution in [-0.2, 0) is 4.74 Å². The molecule has 19 heavy (non-hydrogen) atoms. The fourth-order valence-electron chi connectivity index (χ4n) is 2.15. The summed E-state index contributed by atoms with van der Waals surface area (Å²) >= 11 is 3.49. The van der Waals surface area contributed by atoms with Gasteiger partial charge in [0.15, 0.2) is 0 Å². The number of hydrogen-bond donors (Lipinski definition) is 1. The number of halogens is 1. The highest BCUT2D eigenvalue weighted by Gasteiger charge is 2.31. The standard InChI is InChI=1S/C14H19BrN2O2/c1-14(2,3)19-13(18)17-8-7-11(16)9-5-4-6-10(15)12(9)17/h4-6,11H,7-8,16H2,1-3H3. The molecular weight excluding hydrogens is 308 g/mol. The quantitative estimate of drug-likeness (QED) is 0.792. The molecule has 0 fully saturated rings. The second-order valence-corrected chi connectivity index (χ2v) is 6.56. The summed E-state index contributed by atoms with van der Waals surface area (Å²) in [5.41, 5.74) is 7.41. The first-order chi connectivity index (χ1) is 8.79. The molecule has 0 bridgehead atoms. The van der Waals surface area contributed by atoms with Gasteiger partial charge in [-0.1, -0.05) is 12.1 Å². The van der Waals surface area contributed by atoms with Crippen molar-refractivity contribution in [3.63, 3.8) is 0 Å². The summed E-state index contributed by atoms with van der Waals surface area (Å²) in [5.74, 6) is 0. The van der Waals surface area contributed by atoms with E-state index in [0.717, 1.165) is 22.1 Å². The molecule has 0 radical (unpaired) electrons. The Morgan fingerprint density at radius 2 is 2.16 bits per heavy atom. The molecule has 5 heteroatoms. The van der Waals surface area contributed by atoms with Gasteiger partial charge in [0.1, 0.15) is 5.60 Å². The Kier molecular flexibility index (Phi) is 3.87. The Bertz CT molecular complexity index is 497. The van der Waals surface area contributed by atoms with Crippen LogP contribution >= 0.6 is 15.9 Å². The highest BCUT2D eigenvalue weighted by atomic mass is 79.9. The first kappa shape index (κ1) is 14.3. The molecule has 1 unspecified atom stereocenters. The molecule has 104 valence electrons. The van der Waals surface area contributed by atoms with Crippen LogP contribution in [0.1, 0.15) is 38.8 Å². The predicted octanol–water partition coefficient (Wildman–Crippen LogP) is 3.59. The lowest BCUT2D eigenvalue weighted by atomic mass is 9.97. The predicted molar refractivity (Wildman–Crippen MR) is 79.3 cm³/mol. The Labute approximate surface area is 122 Å². The molecule has 0 aliphatic carbocycles. The van der Waals surface area contributed by atoms with Gasteiger partial charge >= 0.3 is 6.09 Å². The summed E-state index contributed by atoms with van der Waals surface area (Å²) in [6.45, 7) is 6.16. The van der Waals surface area contributed by atoms with Crippen LogP contribution < -0.4 is 10.6 Å². The van der Waals surface area contributed by atoms with Crippen molar-refractivity contribution in [1.82, 2.24) is 0 Å². The summed E-state index contributed by atoms with van der Waals surface area (Å²) in [6, 6.07) is 5.77. The maximum Gasteiger partial charge on any atom is 0.414 e. The van der Waals surface area contributed by atoms with Crippen LogP contribution in [0, 0.1) is 0 Å². The van der Waals surface area contributed by atoms with E-state index < -0.39 is 5.60 Å². The third kappa shape index (κ3) is 3.09. The van der Waals surface area contributed by atoms with Gasteiger partial charge in [-0.15, -0.1) is 0 Å². The van der Waals surface area contributed by atoms with Gasteiger partial charge < -0.3 is 10.5 Å². The third-order valence-electron chi connectivity index (χ3n) is 2.96. The van der Waals surface area contributed by atoms with E-state index in [2.05, 4.69) is 15.9 Å². The van der Waals surface area contributed by atoms with E-state index in [1.807, 2.05) is 39.0 Å². The average molecular weight is 327 g/mol. The van der Waals surface area contributed by atoms with E-state index in [9.17, 15) is 4.79 Å². The largest absolute Gasteiger partial charge is 0.443 e. The number of nitrogens with zero attached hydrogens (tertiary/aromatic N) is 1. The second-order valence-electron chi connectivity index (χ2n) is 5.70. The molecule has 1 heterocycles. The molecule has 1 aromatic rings. The fraction of sp³-hybridized carbons (Fsp3) is 0.500. The maximum absolute atomic E-state index is 12.3. The lowest BCUT2D eigenvalue weighted by molar-refractivity contribution is 0.0576. The highest BCUT2D eigenvalue weighted by Crippen LogP contribution is 2.38. The molecule has 0 saturated heterocycles. The van der Waals surface area contributed by atoms with E-state index in [-0.39, 0.29) is 12.1 Å². The molecule has 2 N–H and O–H groups in total. The molecule has 1 aromatic carbocycles. The van der Waals surface area contributed by atoms with Gasteiger partial charge in [-0.3, -0.25) is 4.90 Å². The lowest BCUT2D eigenvalue weighted by Gasteiger charge is -2.34. The SMILES string of the molecule is CC(C)(C)OC(=O)N1CCC(N)c2cccc(Br)c21. The Hall–Kier alpha value is -1.07. The van der Waals surface area contributed by atoms with Gasteiger partial charge in [0.25, 0.3) is 0 Å². The van der Waals surface area contributed by atoms with Gasteiger partial charge in [0, 0.05) is 17.1 Å². The van der Waals surface area contributed by atoms with Crippen molar-refractivity contribution in [1.29, 1.82) is 0 Å². The van der Waals surface area contributed by atoms with Crippen LogP contribution in [0.15, 0.2) is 22.7 Å². The van der Waals surface area contributed by atoms with E-state index >= 15 is 0 Å².